The lowest BCUT2D eigenvalue weighted by atomic mass is 10.2. The number of amides is 1. The SMILES string of the molecule is CCc1ccc(OCCNC(=O)[C@H]2CN(S(=O)(=O)Cc3ccccc3)c3ccccc3O2)cc1. The molecule has 0 fully saturated rings. The number of nitrogens with one attached hydrogen (secondary N) is 1. The zero-order valence-electron chi connectivity index (χ0n) is 19.0. The molecule has 34 heavy (non-hydrogen) atoms. The van der Waals surface area contributed by atoms with Crippen molar-refractivity contribution in [2.24, 2.45) is 0 Å². The maximum atomic E-state index is 13.3. The highest BCUT2D eigenvalue weighted by Gasteiger charge is 2.36. The Labute approximate surface area is 200 Å². The highest BCUT2D eigenvalue weighted by Crippen LogP contribution is 2.35. The van der Waals surface area contributed by atoms with Gasteiger partial charge < -0.3 is 14.8 Å². The van der Waals surface area contributed by atoms with E-state index in [9.17, 15) is 13.2 Å². The van der Waals surface area contributed by atoms with E-state index in [0.717, 1.165) is 12.2 Å². The second kappa shape index (κ2) is 10.6. The number of benzene rings is 3. The summed E-state index contributed by atoms with van der Waals surface area (Å²) < 4.78 is 39.3. The van der Waals surface area contributed by atoms with Crippen molar-refractivity contribution in [2.45, 2.75) is 25.2 Å². The minimum Gasteiger partial charge on any atom is -0.492 e. The number of ether oxygens (including phenoxy) is 2. The van der Waals surface area contributed by atoms with Crippen molar-refractivity contribution in [3.63, 3.8) is 0 Å². The van der Waals surface area contributed by atoms with Crippen LogP contribution in [0.15, 0.2) is 78.9 Å². The fourth-order valence-corrected chi connectivity index (χ4v) is 5.33. The van der Waals surface area contributed by atoms with Crippen molar-refractivity contribution in [2.75, 3.05) is 24.0 Å². The molecule has 3 aromatic rings. The summed E-state index contributed by atoms with van der Waals surface area (Å²) in [6, 6.07) is 23.6. The van der Waals surface area contributed by atoms with E-state index in [0.29, 0.717) is 17.0 Å². The quantitative estimate of drug-likeness (QED) is 0.474. The molecule has 0 saturated carbocycles. The Hall–Kier alpha value is -3.52. The van der Waals surface area contributed by atoms with Gasteiger partial charge in [-0.3, -0.25) is 9.10 Å². The summed E-state index contributed by atoms with van der Waals surface area (Å²) in [7, 11) is -3.73. The second-order valence-corrected chi connectivity index (χ2v) is 9.88. The third-order valence-corrected chi connectivity index (χ3v) is 7.27. The third-order valence-electron chi connectivity index (χ3n) is 5.56. The van der Waals surface area contributed by atoms with E-state index in [-0.39, 0.29) is 31.4 Å². The van der Waals surface area contributed by atoms with E-state index < -0.39 is 16.1 Å². The Balaban J connectivity index is 1.40. The van der Waals surface area contributed by atoms with Gasteiger partial charge >= 0.3 is 0 Å². The third kappa shape index (κ3) is 5.69. The number of carbonyl (C=O) groups excluding carboxylic acids is 1. The van der Waals surface area contributed by atoms with Crippen LogP contribution in [0.1, 0.15) is 18.1 Å². The Bertz CT molecular complexity index is 1210. The van der Waals surface area contributed by atoms with Crippen LogP contribution in [0.4, 0.5) is 5.69 Å². The molecule has 1 atom stereocenters. The molecule has 178 valence electrons. The van der Waals surface area contributed by atoms with Crippen molar-refractivity contribution < 1.29 is 22.7 Å². The number of carbonyl (C=O) groups is 1. The first-order chi connectivity index (χ1) is 16.5. The van der Waals surface area contributed by atoms with Gasteiger partial charge in [0.15, 0.2) is 6.10 Å². The molecule has 3 aromatic carbocycles. The van der Waals surface area contributed by atoms with E-state index >= 15 is 0 Å². The average Bonchev–Trinajstić information content (AvgIpc) is 2.86. The number of fused-ring (bicyclic) bond motifs is 1. The average molecular weight is 481 g/mol. The van der Waals surface area contributed by atoms with Crippen LogP contribution in [-0.4, -0.2) is 40.1 Å². The first kappa shape index (κ1) is 23.6. The number of para-hydroxylation sites is 2. The lowest BCUT2D eigenvalue weighted by Gasteiger charge is -2.34. The summed E-state index contributed by atoms with van der Waals surface area (Å²) in [5.41, 5.74) is 2.33. The van der Waals surface area contributed by atoms with Gasteiger partial charge in [0, 0.05) is 0 Å². The van der Waals surface area contributed by atoms with Crippen molar-refractivity contribution >= 4 is 21.6 Å². The van der Waals surface area contributed by atoms with Crippen LogP contribution >= 0.6 is 0 Å². The van der Waals surface area contributed by atoms with Crippen LogP contribution in [0.2, 0.25) is 0 Å². The standard InChI is InChI=1S/C26H28N2O5S/c1-2-20-12-14-22(15-13-20)32-17-16-27-26(29)25-18-28(23-10-6-7-11-24(23)33-25)34(30,31)19-21-8-4-3-5-9-21/h3-15,25H,2,16-19H2,1H3,(H,27,29)/t25-/m1/s1. The van der Waals surface area contributed by atoms with Gasteiger partial charge in [0.05, 0.1) is 24.5 Å². The van der Waals surface area contributed by atoms with Gasteiger partial charge in [-0.05, 0) is 41.8 Å². The maximum Gasteiger partial charge on any atom is 0.263 e. The smallest absolute Gasteiger partial charge is 0.263 e. The molecule has 1 heterocycles. The van der Waals surface area contributed by atoms with Crippen LogP contribution in [-0.2, 0) is 27.0 Å². The molecule has 1 aliphatic rings. The molecular weight excluding hydrogens is 452 g/mol. The van der Waals surface area contributed by atoms with Gasteiger partial charge in [-0.1, -0.05) is 61.5 Å². The van der Waals surface area contributed by atoms with Crippen LogP contribution < -0.4 is 19.1 Å². The van der Waals surface area contributed by atoms with Crippen LogP contribution in [0.3, 0.4) is 0 Å². The number of anilines is 1. The normalized spacial score (nSPS) is 15.2. The summed E-state index contributed by atoms with van der Waals surface area (Å²) >= 11 is 0. The van der Waals surface area contributed by atoms with Gasteiger partial charge in [0.2, 0.25) is 10.0 Å². The van der Waals surface area contributed by atoms with E-state index in [1.54, 1.807) is 48.5 Å². The number of nitrogens with zero attached hydrogens (tertiary/aromatic N) is 1. The lowest BCUT2D eigenvalue weighted by Crippen LogP contribution is -2.51. The van der Waals surface area contributed by atoms with Gasteiger partial charge in [-0.15, -0.1) is 0 Å². The predicted octanol–water partition coefficient (Wildman–Crippen LogP) is 3.54. The van der Waals surface area contributed by atoms with Gasteiger partial charge in [0.25, 0.3) is 5.91 Å². The van der Waals surface area contributed by atoms with Crippen LogP contribution in [0.25, 0.3) is 0 Å². The van der Waals surface area contributed by atoms with Crippen molar-refractivity contribution in [1.29, 1.82) is 0 Å². The number of hydrogen-bond donors (Lipinski definition) is 1. The molecule has 0 radical (unpaired) electrons. The molecule has 0 saturated heterocycles. The van der Waals surface area contributed by atoms with Gasteiger partial charge in [-0.2, -0.15) is 0 Å². The number of sulfonamides is 1. The van der Waals surface area contributed by atoms with Crippen molar-refractivity contribution in [3.05, 3.63) is 90.0 Å². The van der Waals surface area contributed by atoms with Crippen molar-refractivity contribution in [3.8, 4) is 11.5 Å². The van der Waals surface area contributed by atoms with Gasteiger partial charge in [0.1, 0.15) is 18.1 Å². The fourth-order valence-electron chi connectivity index (χ4n) is 3.74. The largest absolute Gasteiger partial charge is 0.492 e. The van der Waals surface area contributed by atoms with Crippen molar-refractivity contribution in [1.82, 2.24) is 5.32 Å². The Kier molecular flexibility index (Phi) is 7.37. The first-order valence-corrected chi connectivity index (χ1v) is 12.9. The second-order valence-electron chi connectivity index (χ2n) is 7.98. The number of hydrogen-bond acceptors (Lipinski definition) is 5. The fraction of sp³-hybridized carbons (Fsp3) is 0.269. The molecule has 1 aliphatic heterocycles. The Morgan fingerprint density at radius 3 is 2.44 bits per heavy atom. The maximum absolute atomic E-state index is 13.3. The number of rotatable bonds is 9. The number of aryl methyl sites for hydroxylation is 1. The molecule has 0 bridgehead atoms. The van der Waals surface area contributed by atoms with Crippen LogP contribution in [0.5, 0.6) is 11.5 Å². The summed E-state index contributed by atoms with van der Waals surface area (Å²) in [5, 5.41) is 2.79. The molecule has 1 N–H and O–H groups in total. The molecule has 1 amide bonds. The van der Waals surface area contributed by atoms with E-state index in [1.807, 2.05) is 30.3 Å². The predicted molar refractivity (Wildman–Crippen MR) is 132 cm³/mol. The van der Waals surface area contributed by atoms with Gasteiger partial charge in [-0.25, -0.2) is 8.42 Å². The summed E-state index contributed by atoms with van der Waals surface area (Å²) in [6.07, 6.45) is -0.0110. The van der Waals surface area contributed by atoms with E-state index in [4.69, 9.17) is 9.47 Å². The summed E-state index contributed by atoms with van der Waals surface area (Å²) in [5.74, 6) is 0.533. The highest BCUT2D eigenvalue weighted by atomic mass is 32.2. The van der Waals surface area contributed by atoms with E-state index in [1.165, 1.54) is 9.87 Å². The Morgan fingerprint density at radius 2 is 1.71 bits per heavy atom. The highest BCUT2D eigenvalue weighted by molar-refractivity contribution is 7.92. The molecule has 8 heteroatoms. The summed E-state index contributed by atoms with van der Waals surface area (Å²) in [6.45, 7) is 2.55. The zero-order valence-corrected chi connectivity index (χ0v) is 19.8. The minimum absolute atomic E-state index is 0.0999. The summed E-state index contributed by atoms with van der Waals surface area (Å²) in [4.78, 5) is 12.8. The minimum atomic E-state index is -3.73. The Morgan fingerprint density at radius 1 is 1.00 bits per heavy atom. The molecular formula is C26H28N2O5S. The molecule has 0 aromatic heterocycles. The molecule has 7 nitrogen and oxygen atoms in total. The molecule has 4 rings (SSSR count). The lowest BCUT2D eigenvalue weighted by molar-refractivity contribution is -0.127. The molecule has 0 spiro atoms. The molecule has 0 aliphatic carbocycles. The zero-order chi connectivity index (χ0) is 24.0. The molecule has 0 unspecified atom stereocenters. The van der Waals surface area contributed by atoms with E-state index in [2.05, 4.69) is 12.2 Å². The van der Waals surface area contributed by atoms with Crippen LogP contribution in [0, 0.1) is 0 Å². The topological polar surface area (TPSA) is 84.9 Å². The monoisotopic (exact) mass is 480 g/mol. The first-order valence-electron chi connectivity index (χ1n) is 11.3.